The fourth-order valence-corrected chi connectivity index (χ4v) is 3.66. The molecule has 3 aromatic rings. The van der Waals surface area contributed by atoms with E-state index >= 15 is 0 Å². The molecule has 168 valence electrons. The van der Waals surface area contributed by atoms with Crippen LogP contribution in [0.5, 0.6) is 11.5 Å². The molecule has 5 nitrogen and oxygen atoms in total. The monoisotopic (exact) mass is 516 g/mol. The first-order valence-corrected chi connectivity index (χ1v) is 11.4. The molecule has 0 saturated carbocycles. The summed E-state index contributed by atoms with van der Waals surface area (Å²) < 4.78 is 12.1. The molecule has 0 fully saturated rings. The molecule has 0 aliphatic rings. The van der Waals surface area contributed by atoms with Crippen molar-refractivity contribution in [1.29, 1.82) is 0 Å². The third-order valence-corrected chi connectivity index (χ3v) is 5.84. The maximum Gasteiger partial charge on any atom is 0.262 e. The SMILES string of the molecule is COc1cc(CNCCc2ccc(Cl)cc2)c(Br)cc1OCC(=O)Nc1ccc(C)cc1. The Balaban J connectivity index is 1.52. The minimum Gasteiger partial charge on any atom is -0.493 e. The molecule has 3 aromatic carbocycles. The van der Waals surface area contributed by atoms with Gasteiger partial charge in [-0.2, -0.15) is 0 Å². The summed E-state index contributed by atoms with van der Waals surface area (Å²) in [5.74, 6) is 0.842. The second kappa shape index (κ2) is 11.9. The van der Waals surface area contributed by atoms with Gasteiger partial charge in [0.05, 0.1) is 7.11 Å². The van der Waals surface area contributed by atoms with Gasteiger partial charge in [-0.3, -0.25) is 4.79 Å². The molecule has 7 heteroatoms. The van der Waals surface area contributed by atoms with E-state index in [1.165, 1.54) is 5.56 Å². The summed E-state index contributed by atoms with van der Waals surface area (Å²) >= 11 is 9.52. The van der Waals surface area contributed by atoms with Crippen LogP contribution in [0.2, 0.25) is 5.02 Å². The third-order valence-electron chi connectivity index (χ3n) is 4.85. The number of rotatable bonds is 10. The molecule has 0 aliphatic heterocycles. The van der Waals surface area contributed by atoms with Gasteiger partial charge in [0.25, 0.3) is 5.91 Å². The van der Waals surface area contributed by atoms with Crippen molar-refractivity contribution in [2.45, 2.75) is 19.9 Å². The zero-order valence-corrected chi connectivity index (χ0v) is 20.4. The lowest BCUT2D eigenvalue weighted by Gasteiger charge is -2.14. The van der Waals surface area contributed by atoms with Crippen LogP contribution in [0.4, 0.5) is 5.69 Å². The highest BCUT2D eigenvalue weighted by Crippen LogP contribution is 2.33. The number of carbonyl (C=O) groups is 1. The normalized spacial score (nSPS) is 10.6. The molecule has 3 rings (SSSR count). The quantitative estimate of drug-likeness (QED) is 0.335. The highest BCUT2D eigenvalue weighted by atomic mass is 79.9. The second-order valence-corrected chi connectivity index (χ2v) is 8.64. The summed E-state index contributed by atoms with van der Waals surface area (Å²) in [7, 11) is 1.58. The van der Waals surface area contributed by atoms with E-state index < -0.39 is 0 Å². The van der Waals surface area contributed by atoms with E-state index in [1.807, 2.05) is 67.6 Å². The Labute approximate surface area is 202 Å². The zero-order chi connectivity index (χ0) is 22.9. The topological polar surface area (TPSA) is 59.6 Å². The third kappa shape index (κ3) is 7.26. The summed E-state index contributed by atoms with van der Waals surface area (Å²) in [5, 5.41) is 7.00. The van der Waals surface area contributed by atoms with Gasteiger partial charge >= 0.3 is 0 Å². The molecule has 32 heavy (non-hydrogen) atoms. The molecule has 0 radical (unpaired) electrons. The van der Waals surface area contributed by atoms with Crippen molar-refractivity contribution in [3.8, 4) is 11.5 Å². The molecule has 0 spiro atoms. The first-order valence-electron chi connectivity index (χ1n) is 10.3. The number of halogens is 2. The number of amides is 1. The first-order chi connectivity index (χ1) is 15.4. The van der Waals surface area contributed by atoms with Crippen molar-refractivity contribution in [1.82, 2.24) is 5.32 Å². The minimum atomic E-state index is -0.236. The summed E-state index contributed by atoms with van der Waals surface area (Å²) in [6.07, 6.45) is 0.906. The van der Waals surface area contributed by atoms with Crippen LogP contribution < -0.4 is 20.1 Å². The van der Waals surface area contributed by atoms with Crippen LogP contribution in [0, 0.1) is 6.92 Å². The summed E-state index contributed by atoms with van der Waals surface area (Å²) in [6, 6.07) is 19.2. The molecule has 0 bridgehead atoms. The van der Waals surface area contributed by atoms with Crippen LogP contribution >= 0.6 is 27.5 Å². The molecule has 2 N–H and O–H groups in total. The van der Waals surface area contributed by atoms with Crippen molar-refractivity contribution in [2.75, 3.05) is 25.6 Å². The Morgan fingerprint density at radius 3 is 2.44 bits per heavy atom. The summed E-state index contributed by atoms with van der Waals surface area (Å²) in [4.78, 5) is 12.2. The van der Waals surface area contributed by atoms with Crippen molar-refractivity contribution in [3.05, 3.63) is 86.8 Å². The van der Waals surface area contributed by atoms with E-state index in [9.17, 15) is 4.79 Å². The van der Waals surface area contributed by atoms with Crippen molar-refractivity contribution >= 4 is 39.1 Å². The van der Waals surface area contributed by atoms with E-state index in [4.69, 9.17) is 21.1 Å². The Hall–Kier alpha value is -2.54. The molecule has 0 aromatic heterocycles. The largest absolute Gasteiger partial charge is 0.493 e. The number of ether oxygens (including phenoxy) is 2. The Bertz CT molecular complexity index is 1040. The van der Waals surface area contributed by atoms with E-state index in [-0.39, 0.29) is 12.5 Å². The Morgan fingerprint density at radius 1 is 1.03 bits per heavy atom. The Kier molecular flexibility index (Phi) is 8.97. The molecule has 1 amide bonds. The predicted molar refractivity (Wildman–Crippen MR) is 133 cm³/mol. The number of hydrogen-bond acceptors (Lipinski definition) is 4. The lowest BCUT2D eigenvalue weighted by Crippen LogP contribution is -2.20. The number of hydrogen-bond donors (Lipinski definition) is 2. The van der Waals surface area contributed by atoms with Crippen LogP contribution in [-0.4, -0.2) is 26.2 Å². The van der Waals surface area contributed by atoms with E-state index in [0.717, 1.165) is 39.3 Å². The number of aryl methyl sites for hydroxylation is 1. The van der Waals surface area contributed by atoms with Gasteiger partial charge in [-0.05, 0) is 67.4 Å². The first kappa shape index (κ1) is 24.1. The molecule has 0 saturated heterocycles. The molecule has 0 heterocycles. The smallest absolute Gasteiger partial charge is 0.262 e. The van der Waals surface area contributed by atoms with Crippen LogP contribution in [0.25, 0.3) is 0 Å². The average Bonchev–Trinajstić information content (AvgIpc) is 2.79. The number of carbonyl (C=O) groups excluding carboxylic acids is 1. The van der Waals surface area contributed by atoms with E-state index in [2.05, 4.69) is 26.6 Å². The lowest BCUT2D eigenvalue weighted by atomic mass is 10.1. The lowest BCUT2D eigenvalue weighted by molar-refractivity contribution is -0.118. The van der Waals surface area contributed by atoms with Gasteiger partial charge in [-0.25, -0.2) is 0 Å². The molecule has 0 atom stereocenters. The van der Waals surface area contributed by atoms with Crippen LogP contribution in [-0.2, 0) is 17.8 Å². The van der Waals surface area contributed by atoms with Gasteiger partial charge < -0.3 is 20.1 Å². The second-order valence-electron chi connectivity index (χ2n) is 7.35. The highest BCUT2D eigenvalue weighted by Gasteiger charge is 2.12. The van der Waals surface area contributed by atoms with Gasteiger partial charge in [0.2, 0.25) is 0 Å². The molecular weight excluding hydrogens is 492 g/mol. The predicted octanol–water partition coefficient (Wildman–Crippen LogP) is 5.77. The zero-order valence-electron chi connectivity index (χ0n) is 18.1. The van der Waals surface area contributed by atoms with Gasteiger partial charge in [0.1, 0.15) is 0 Å². The fraction of sp³-hybridized carbons (Fsp3) is 0.240. The summed E-state index contributed by atoms with van der Waals surface area (Å²) in [6.45, 7) is 3.37. The van der Waals surface area contributed by atoms with E-state index in [1.54, 1.807) is 7.11 Å². The van der Waals surface area contributed by atoms with Crippen molar-refractivity contribution in [3.63, 3.8) is 0 Å². The highest BCUT2D eigenvalue weighted by molar-refractivity contribution is 9.10. The van der Waals surface area contributed by atoms with Crippen molar-refractivity contribution in [2.24, 2.45) is 0 Å². The number of methoxy groups -OCH3 is 1. The fourth-order valence-electron chi connectivity index (χ4n) is 3.07. The number of nitrogens with one attached hydrogen (secondary N) is 2. The average molecular weight is 518 g/mol. The Morgan fingerprint density at radius 2 is 1.75 bits per heavy atom. The van der Waals surface area contributed by atoms with Crippen LogP contribution in [0.15, 0.2) is 65.1 Å². The molecule has 0 unspecified atom stereocenters. The van der Waals surface area contributed by atoms with Gasteiger partial charge in [0, 0.05) is 21.7 Å². The van der Waals surface area contributed by atoms with Gasteiger partial charge in [-0.15, -0.1) is 0 Å². The minimum absolute atomic E-state index is 0.116. The molecule has 0 aliphatic carbocycles. The summed E-state index contributed by atoms with van der Waals surface area (Å²) in [5.41, 5.74) is 4.13. The number of benzene rings is 3. The number of anilines is 1. The molecular formula is C25H26BrClN2O3. The van der Waals surface area contributed by atoms with Gasteiger partial charge in [-0.1, -0.05) is 57.4 Å². The van der Waals surface area contributed by atoms with E-state index in [0.29, 0.717) is 18.0 Å². The maximum absolute atomic E-state index is 12.2. The van der Waals surface area contributed by atoms with Crippen LogP contribution in [0.3, 0.4) is 0 Å². The van der Waals surface area contributed by atoms with Crippen LogP contribution in [0.1, 0.15) is 16.7 Å². The maximum atomic E-state index is 12.2. The van der Waals surface area contributed by atoms with Crippen molar-refractivity contribution < 1.29 is 14.3 Å². The van der Waals surface area contributed by atoms with Gasteiger partial charge in [0.15, 0.2) is 18.1 Å². The standard InChI is InChI=1S/C25H26BrClN2O3/c1-17-3-9-21(10-4-17)29-25(30)16-32-24-14-22(26)19(13-23(24)31-2)15-28-12-11-18-5-7-20(27)8-6-18/h3-10,13-14,28H,11-12,15-16H2,1-2H3,(H,29,30).